The van der Waals surface area contributed by atoms with Crippen molar-refractivity contribution >= 4 is 0 Å². The molecule has 1 aliphatic heterocycles. The van der Waals surface area contributed by atoms with Gasteiger partial charge in [-0.2, -0.15) is 0 Å². The first-order chi connectivity index (χ1) is 9.56. The quantitative estimate of drug-likeness (QED) is 0.837. The highest BCUT2D eigenvalue weighted by Crippen LogP contribution is 2.16. The predicted molar refractivity (Wildman–Crippen MR) is 84.5 cm³/mol. The molecule has 20 heavy (non-hydrogen) atoms. The number of nitrogens with zero attached hydrogens (tertiary/aromatic N) is 1. The summed E-state index contributed by atoms with van der Waals surface area (Å²) in [6.45, 7) is 13.0. The summed E-state index contributed by atoms with van der Waals surface area (Å²) in [7, 11) is 0. The van der Waals surface area contributed by atoms with Gasteiger partial charge in [0.05, 0.1) is 6.61 Å². The first kappa shape index (κ1) is 15.3. The van der Waals surface area contributed by atoms with E-state index in [0.29, 0.717) is 12.1 Å². The van der Waals surface area contributed by atoms with Crippen LogP contribution in [0.25, 0.3) is 0 Å². The third kappa shape index (κ3) is 4.22. The van der Waals surface area contributed by atoms with E-state index in [-0.39, 0.29) is 0 Å². The summed E-state index contributed by atoms with van der Waals surface area (Å²) < 4.78 is 5.85. The van der Waals surface area contributed by atoms with E-state index in [0.717, 1.165) is 38.4 Å². The molecule has 0 aliphatic carbocycles. The van der Waals surface area contributed by atoms with Gasteiger partial charge in [0.2, 0.25) is 0 Å². The van der Waals surface area contributed by atoms with Crippen molar-refractivity contribution < 1.29 is 4.74 Å². The van der Waals surface area contributed by atoms with E-state index in [1.807, 2.05) is 0 Å². The Morgan fingerprint density at radius 1 is 1.25 bits per heavy atom. The van der Waals surface area contributed by atoms with Gasteiger partial charge in [-0.1, -0.05) is 6.07 Å². The van der Waals surface area contributed by atoms with Crippen LogP contribution in [0.15, 0.2) is 18.2 Å². The van der Waals surface area contributed by atoms with Gasteiger partial charge in [-0.05, 0) is 57.4 Å². The second-order valence-electron chi connectivity index (χ2n) is 6.10. The van der Waals surface area contributed by atoms with Crippen LogP contribution in [0.4, 0.5) is 0 Å². The maximum atomic E-state index is 5.85. The van der Waals surface area contributed by atoms with Crippen molar-refractivity contribution in [2.75, 3.05) is 26.2 Å². The van der Waals surface area contributed by atoms with Crippen LogP contribution >= 0.6 is 0 Å². The Hall–Kier alpha value is -1.06. The van der Waals surface area contributed by atoms with E-state index in [1.54, 1.807) is 0 Å². The summed E-state index contributed by atoms with van der Waals surface area (Å²) in [5, 5.41) is 3.52. The van der Waals surface area contributed by atoms with Crippen molar-refractivity contribution in [1.82, 2.24) is 10.2 Å². The highest BCUT2D eigenvalue weighted by atomic mass is 16.5. The lowest BCUT2D eigenvalue weighted by atomic mass is 10.1. The molecule has 1 N–H and O–H groups in total. The largest absolute Gasteiger partial charge is 0.494 e. The van der Waals surface area contributed by atoms with E-state index in [4.69, 9.17) is 4.74 Å². The average molecular weight is 276 g/mol. The van der Waals surface area contributed by atoms with Gasteiger partial charge in [-0.15, -0.1) is 0 Å². The number of nitrogens with one attached hydrogen (secondary N) is 1. The molecule has 112 valence electrons. The minimum atomic E-state index is 0.604. The summed E-state index contributed by atoms with van der Waals surface area (Å²) in [5.41, 5.74) is 2.62. The number of benzene rings is 1. The monoisotopic (exact) mass is 276 g/mol. The Labute approximate surface area is 123 Å². The van der Waals surface area contributed by atoms with Gasteiger partial charge in [0.1, 0.15) is 5.75 Å². The minimum absolute atomic E-state index is 0.604. The molecule has 1 aliphatic rings. The fourth-order valence-corrected chi connectivity index (χ4v) is 2.67. The van der Waals surface area contributed by atoms with Crippen LogP contribution in [-0.4, -0.2) is 43.2 Å². The standard InChI is InChI=1S/C17H28N2O/c1-13-6-7-17(10-14(13)2)20-9-5-8-19-12-15(3)18-11-16(19)4/h6-7,10,15-16,18H,5,8-9,11-12H2,1-4H3. The number of hydrogen-bond acceptors (Lipinski definition) is 3. The zero-order valence-electron chi connectivity index (χ0n) is 13.3. The smallest absolute Gasteiger partial charge is 0.119 e. The Kier molecular flexibility index (Phi) is 5.44. The Morgan fingerprint density at radius 2 is 2.05 bits per heavy atom. The molecule has 2 atom stereocenters. The topological polar surface area (TPSA) is 24.5 Å². The fraction of sp³-hybridized carbons (Fsp3) is 0.647. The minimum Gasteiger partial charge on any atom is -0.494 e. The van der Waals surface area contributed by atoms with E-state index in [2.05, 4.69) is 56.1 Å². The second kappa shape index (κ2) is 7.09. The molecule has 2 unspecified atom stereocenters. The van der Waals surface area contributed by atoms with Crippen molar-refractivity contribution in [3.8, 4) is 5.75 Å². The Balaban J connectivity index is 1.71. The van der Waals surface area contributed by atoms with Gasteiger partial charge >= 0.3 is 0 Å². The zero-order chi connectivity index (χ0) is 14.5. The maximum Gasteiger partial charge on any atom is 0.119 e. The Bertz CT molecular complexity index is 433. The molecule has 1 saturated heterocycles. The van der Waals surface area contributed by atoms with Crippen molar-refractivity contribution in [2.24, 2.45) is 0 Å². The van der Waals surface area contributed by atoms with Crippen LogP contribution in [-0.2, 0) is 0 Å². The molecule has 0 amide bonds. The number of aryl methyl sites for hydroxylation is 2. The van der Waals surface area contributed by atoms with E-state index in [1.165, 1.54) is 11.1 Å². The normalized spacial score (nSPS) is 23.8. The molecule has 2 rings (SSSR count). The van der Waals surface area contributed by atoms with Crippen LogP contribution in [0, 0.1) is 13.8 Å². The molecule has 0 radical (unpaired) electrons. The van der Waals surface area contributed by atoms with Gasteiger partial charge < -0.3 is 10.1 Å². The second-order valence-corrected chi connectivity index (χ2v) is 6.10. The van der Waals surface area contributed by atoms with Gasteiger partial charge in [0.15, 0.2) is 0 Å². The number of ether oxygens (including phenoxy) is 1. The molecule has 3 nitrogen and oxygen atoms in total. The molecule has 1 aromatic carbocycles. The highest BCUT2D eigenvalue weighted by molar-refractivity contribution is 5.33. The molecule has 0 saturated carbocycles. The summed E-state index contributed by atoms with van der Waals surface area (Å²) in [4.78, 5) is 2.56. The average Bonchev–Trinajstić information content (AvgIpc) is 2.42. The summed E-state index contributed by atoms with van der Waals surface area (Å²) in [6, 6.07) is 7.56. The maximum absolute atomic E-state index is 5.85. The van der Waals surface area contributed by atoms with Crippen LogP contribution in [0.1, 0.15) is 31.4 Å². The molecular weight excluding hydrogens is 248 g/mol. The fourth-order valence-electron chi connectivity index (χ4n) is 2.67. The van der Waals surface area contributed by atoms with Crippen LogP contribution < -0.4 is 10.1 Å². The lowest BCUT2D eigenvalue weighted by Crippen LogP contribution is -2.54. The molecule has 0 spiro atoms. The summed E-state index contributed by atoms with van der Waals surface area (Å²) in [5.74, 6) is 0.995. The third-order valence-corrected chi connectivity index (χ3v) is 4.23. The zero-order valence-corrected chi connectivity index (χ0v) is 13.3. The summed E-state index contributed by atoms with van der Waals surface area (Å²) in [6.07, 6.45) is 1.09. The SMILES string of the molecule is Cc1ccc(OCCCN2CC(C)NCC2C)cc1C. The van der Waals surface area contributed by atoms with E-state index >= 15 is 0 Å². The van der Waals surface area contributed by atoms with Crippen LogP contribution in [0.5, 0.6) is 5.75 Å². The molecule has 1 heterocycles. The van der Waals surface area contributed by atoms with Crippen LogP contribution in [0.2, 0.25) is 0 Å². The van der Waals surface area contributed by atoms with Crippen molar-refractivity contribution in [3.05, 3.63) is 29.3 Å². The van der Waals surface area contributed by atoms with Gasteiger partial charge in [0, 0.05) is 31.7 Å². The van der Waals surface area contributed by atoms with E-state index < -0.39 is 0 Å². The lowest BCUT2D eigenvalue weighted by Gasteiger charge is -2.37. The van der Waals surface area contributed by atoms with Crippen molar-refractivity contribution in [3.63, 3.8) is 0 Å². The molecular formula is C17H28N2O. The van der Waals surface area contributed by atoms with Gasteiger partial charge in [-0.25, -0.2) is 0 Å². The van der Waals surface area contributed by atoms with Crippen molar-refractivity contribution in [2.45, 2.75) is 46.2 Å². The highest BCUT2D eigenvalue weighted by Gasteiger charge is 2.21. The van der Waals surface area contributed by atoms with Crippen molar-refractivity contribution in [1.29, 1.82) is 0 Å². The van der Waals surface area contributed by atoms with E-state index in [9.17, 15) is 0 Å². The molecule has 1 fully saturated rings. The number of rotatable bonds is 5. The summed E-state index contributed by atoms with van der Waals surface area (Å²) >= 11 is 0. The molecule has 1 aromatic rings. The number of hydrogen-bond donors (Lipinski definition) is 1. The Morgan fingerprint density at radius 3 is 2.80 bits per heavy atom. The first-order valence-corrected chi connectivity index (χ1v) is 7.73. The molecule has 0 aromatic heterocycles. The number of piperazine rings is 1. The lowest BCUT2D eigenvalue weighted by molar-refractivity contribution is 0.136. The molecule has 3 heteroatoms. The van der Waals surface area contributed by atoms with Gasteiger partial charge in [0.25, 0.3) is 0 Å². The third-order valence-electron chi connectivity index (χ3n) is 4.23. The first-order valence-electron chi connectivity index (χ1n) is 7.73. The predicted octanol–water partition coefficient (Wildman–Crippen LogP) is 2.75. The molecule has 0 bridgehead atoms. The van der Waals surface area contributed by atoms with Gasteiger partial charge in [-0.3, -0.25) is 4.90 Å². The van der Waals surface area contributed by atoms with Crippen LogP contribution in [0.3, 0.4) is 0 Å².